The van der Waals surface area contributed by atoms with Crippen molar-refractivity contribution in [3.8, 4) is 0 Å². The highest BCUT2D eigenvalue weighted by Crippen LogP contribution is 2.24. The number of hydrogen-bond donors (Lipinski definition) is 0. The van der Waals surface area contributed by atoms with Crippen LogP contribution in [-0.4, -0.2) is 25.5 Å². The first-order valence-electron chi connectivity index (χ1n) is 8.20. The minimum Gasteiger partial charge on any atom is -0.467 e. The summed E-state index contributed by atoms with van der Waals surface area (Å²) in [4.78, 5) is 14.7. The van der Waals surface area contributed by atoms with Crippen molar-refractivity contribution in [2.24, 2.45) is 0 Å². The zero-order valence-electron chi connectivity index (χ0n) is 14.6. The molecule has 27 heavy (non-hydrogen) atoms. The molecule has 1 amide bonds. The van der Waals surface area contributed by atoms with E-state index in [-0.39, 0.29) is 27.9 Å². The number of furan rings is 1. The van der Waals surface area contributed by atoms with Crippen LogP contribution < -0.4 is 0 Å². The van der Waals surface area contributed by atoms with Gasteiger partial charge in [0.25, 0.3) is 5.91 Å². The van der Waals surface area contributed by atoms with Gasteiger partial charge in [0.15, 0.2) is 9.84 Å². The SMILES string of the molecule is CS(=O)(=O)c1cc(C(=O)N(Cc2ccccc2)Cc2ccco2)ccc1Cl. The van der Waals surface area contributed by atoms with Gasteiger partial charge in [0.1, 0.15) is 5.76 Å². The molecule has 3 rings (SSSR count). The van der Waals surface area contributed by atoms with Gasteiger partial charge in [-0.1, -0.05) is 41.9 Å². The Balaban J connectivity index is 1.95. The standard InChI is InChI=1S/C20H18ClNO4S/c1-27(24,25)19-12-16(9-10-18(19)21)20(23)22(14-17-8-5-11-26-17)13-15-6-3-2-4-7-15/h2-12H,13-14H2,1H3. The predicted octanol–water partition coefficient (Wildman–Crippen LogP) is 4.18. The average Bonchev–Trinajstić information content (AvgIpc) is 3.14. The fraction of sp³-hybridized carbons (Fsp3) is 0.150. The van der Waals surface area contributed by atoms with Crippen LogP contribution in [0.5, 0.6) is 0 Å². The van der Waals surface area contributed by atoms with E-state index in [1.54, 1.807) is 23.3 Å². The Morgan fingerprint density at radius 2 is 1.78 bits per heavy atom. The number of benzene rings is 2. The van der Waals surface area contributed by atoms with Gasteiger partial charge in [-0.05, 0) is 35.9 Å². The van der Waals surface area contributed by atoms with Gasteiger partial charge in [0.05, 0.1) is 22.7 Å². The van der Waals surface area contributed by atoms with Gasteiger partial charge in [-0.15, -0.1) is 0 Å². The zero-order valence-corrected chi connectivity index (χ0v) is 16.2. The van der Waals surface area contributed by atoms with Crippen molar-refractivity contribution < 1.29 is 17.6 Å². The second-order valence-corrected chi connectivity index (χ2v) is 8.53. The van der Waals surface area contributed by atoms with E-state index >= 15 is 0 Å². The Morgan fingerprint density at radius 1 is 1.04 bits per heavy atom. The summed E-state index contributed by atoms with van der Waals surface area (Å²) < 4.78 is 29.2. The van der Waals surface area contributed by atoms with Gasteiger partial charge >= 0.3 is 0 Å². The van der Waals surface area contributed by atoms with E-state index in [4.69, 9.17) is 16.0 Å². The molecule has 3 aromatic rings. The molecule has 7 heteroatoms. The minimum atomic E-state index is -3.55. The molecule has 2 aromatic carbocycles. The summed E-state index contributed by atoms with van der Waals surface area (Å²) in [5.74, 6) is 0.327. The third-order valence-electron chi connectivity index (χ3n) is 4.01. The second-order valence-electron chi connectivity index (χ2n) is 6.14. The molecule has 0 saturated heterocycles. The summed E-state index contributed by atoms with van der Waals surface area (Å²) in [6.07, 6.45) is 2.61. The number of nitrogens with zero attached hydrogens (tertiary/aromatic N) is 1. The molecule has 0 aliphatic rings. The van der Waals surface area contributed by atoms with Crippen molar-refractivity contribution in [1.29, 1.82) is 0 Å². The largest absolute Gasteiger partial charge is 0.467 e. The summed E-state index contributed by atoms with van der Waals surface area (Å²) in [6, 6.07) is 17.4. The van der Waals surface area contributed by atoms with Crippen LogP contribution in [0.15, 0.2) is 76.2 Å². The van der Waals surface area contributed by atoms with Crippen molar-refractivity contribution in [3.63, 3.8) is 0 Å². The van der Waals surface area contributed by atoms with Crippen LogP contribution in [0, 0.1) is 0 Å². The molecule has 1 heterocycles. The molecule has 0 aliphatic carbocycles. The number of hydrogen-bond acceptors (Lipinski definition) is 4. The molecular formula is C20H18ClNO4S. The zero-order chi connectivity index (χ0) is 19.4. The summed E-state index contributed by atoms with van der Waals surface area (Å²) in [6.45, 7) is 0.620. The van der Waals surface area contributed by atoms with Crippen LogP contribution >= 0.6 is 11.6 Å². The number of sulfone groups is 1. The third kappa shape index (κ3) is 4.78. The van der Waals surface area contributed by atoms with Crippen LogP contribution in [0.4, 0.5) is 0 Å². The van der Waals surface area contributed by atoms with Gasteiger partial charge in [0.2, 0.25) is 0 Å². The lowest BCUT2D eigenvalue weighted by atomic mass is 10.1. The lowest BCUT2D eigenvalue weighted by Crippen LogP contribution is -2.30. The molecule has 0 bridgehead atoms. The number of halogens is 1. The Bertz CT molecular complexity index is 1030. The van der Waals surface area contributed by atoms with Crippen LogP contribution in [0.1, 0.15) is 21.7 Å². The summed E-state index contributed by atoms with van der Waals surface area (Å²) in [7, 11) is -3.55. The Morgan fingerprint density at radius 3 is 2.41 bits per heavy atom. The first-order chi connectivity index (χ1) is 12.8. The van der Waals surface area contributed by atoms with E-state index in [2.05, 4.69) is 0 Å². The van der Waals surface area contributed by atoms with E-state index in [0.717, 1.165) is 11.8 Å². The maximum absolute atomic E-state index is 13.1. The van der Waals surface area contributed by atoms with E-state index in [1.165, 1.54) is 18.2 Å². The summed E-state index contributed by atoms with van der Waals surface area (Å²) >= 11 is 5.99. The van der Waals surface area contributed by atoms with Crippen molar-refractivity contribution in [1.82, 2.24) is 4.90 Å². The fourth-order valence-electron chi connectivity index (χ4n) is 2.70. The smallest absolute Gasteiger partial charge is 0.254 e. The lowest BCUT2D eigenvalue weighted by Gasteiger charge is -2.22. The average molecular weight is 404 g/mol. The van der Waals surface area contributed by atoms with Crippen LogP contribution in [-0.2, 0) is 22.9 Å². The molecule has 1 aromatic heterocycles. The summed E-state index contributed by atoms with van der Waals surface area (Å²) in [5.41, 5.74) is 1.21. The summed E-state index contributed by atoms with van der Waals surface area (Å²) in [5, 5.41) is 0.0923. The highest BCUT2D eigenvalue weighted by molar-refractivity contribution is 7.90. The van der Waals surface area contributed by atoms with E-state index < -0.39 is 9.84 Å². The van der Waals surface area contributed by atoms with Gasteiger partial charge in [-0.3, -0.25) is 4.79 Å². The van der Waals surface area contributed by atoms with Gasteiger partial charge in [0, 0.05) is 18.4 Å². The van der Waals surface area contributed by atoms with Crippen molar-refractivity contribution in [2.75, 3.05) is 6.26 Å². The van der Waals surface area contributed by atoms with Crippen molar-refractivity contribution >= 4 is 27.3 Å². The molecule has 0 aliphatic heterocycles. The maximum Gasteiger partial charge on any atom is 0.254 e. The number of carbonyl (C=O) groups excluding carboxylic acids is 1. The number of carbonyl (C=O) groups is 1. The monoisotopic (exact) mass is 403 g/mol. The molecule has 140 valence electrons. The topological polar surface area (TPSA) is 67.6 Å². The van der Waals surface area contributed by atoms with Crippen LogP contribution in [0.2, 0.25) is 5.02 Å². The first kappa shape index (κ1) is 19.2. The van der Waals surface area contributed by atoms with E-state index in [0.29, 0.717) is 12.3 Å². The quantitative estimate of drug-likeness (QED) is 0.619. The van der Waals surface area contributed by atoms with Gasteiger partial charge in [-0.25, -0.2) is 8.42 Å². The Kier molecular flexibility index (Phi) is 5.68. The number of rotatable bonds is 6. The molecule has 0 atom stereocenters. The number of amides is 1. The normalized spacial score (nSPS) is 11.3. The highest BCUT2D eigenvalue weighted by Gasteiger charge is 2.21. The van der Waals surface area contributed by atoms with Crippen molar-refractivity contribution in [3.05, 3.63) is 88.8 Å². The molecule has 5 nitrogen and oxygen atoms in total. The maximum atomic E-state index is 13.1. The highest BCUT2D eigenvalue weighted by atomic mass is 35.5. The predicted molar refractivity (Wildman–Crippen MR) is 103 cm³/mol. The van der Waals surface area contributed by atoms with Crippen molar-refractivity contribution in [2.45, 2.75) is 18.0 Å². The van der Waals surface area contributed by atoms with Crippen LogP contribution in [0.25, 0.3) is 0 Å². The molecule has 0 saturated carbocycles. The Hall–Kier alpha value is -2.57. The second kappa shape index (κ2) is 7.98. The third-order valence-corrected chi connectivity index (χ3v) is 5.59. The molecule has 0 radical (unpaired) electrons. The molecule has 0 spiro atoms. The van der Waals surface area contributed by atoms with E-state index in [9.17, 15) is 13.2 Å². The molecule has 0 N–H and O–H groups in total. The Labute approximate surface area is 163 Å². The molecule has 0 fully saturated rings. The van der Waals surface area contributed by atoms with E-state index in [1.807, 2.05) is 30.3 Å². The fourth-order valence-corrected chi connectivity index (χ4v) is 4.00. The molecule has 0 unspecified atom stereocenters. The first-order valence-corrected chi connectivity index (χ1v) is 10.5. The van der Waals surface area contributed by atoms with Crippen LogP contribution in [0.3, 0.4) is 0 Å². The van der Waals surface area contributed by atoms with Gasteiger partial charge in [-0.2, -0.15) is 0 Å². The van der Waals surface area contributed by atoms with Gasteiger partial charge < -0.3 is 9.32 Å². The lowest BCUT2D eigenvalue weighted by molar-refractivity contribution is 0.0717. The molecular weight excluding hydrogens is 386 g/mol. The minimum absolute atomic E-state index is 0.0623.